The molecule has 0 aromatic carbocycles. The molecule has 0 aliphatic carbocycles. The zero-order valence-corrected chi connectivity index (χ0v) is 10.2. The van der Waals surface area contributed by atoms with Gasteiger partial charge < -0.3 is 10.4 Å². The fraction of sp³-hybridized carbons (Fsp3) is 0.727. The number of carboxylic acid groups (broad SMARTS) is 1. The topological polar surface area (TPSA) is 98.7 Å². The van der Waals surface area contributed by atoms with E-state index in [0.29, 0.717) is 19.5 Å². The van der Waals surface area contributed by atoms with E-state index in [2.05, 4.69) is 10.6 Å². The monoisotopic (exact) mass is 255 g/mol. The Morgan fingerprint density at radius 1 is 1.50 bits per heavy atom. The van der Waals surface area contributed by atoms with Gasteiger partial charge in [0.1, 0.15) is 0 Å². The Hall–Kier alpha value is -1.47. The van der Waals surface area contributed by atoms with Crippen LogP contribution in [0.3, 0.4) is 0 Å². The van der Waals surface area contributed by atoms with Gasteiger partial charge in [-0.3, -0.25) is 24.6 Å². The fourth-order valence-corrected chi connectivity index (χ4v) is 2.70. The Labute approximate surface area is 105 Å². The summed E-state index contributed by atoms with van der Waals surface area (Å²) >= 11 is 0. The van der Waals surface area contributed by atoms with Crippen LogP contribution < -0.4 is 10.6 Å². The molecule has 2 aliphatic heterocycles. The molecule has 0 radical (unpaired) electrons. The molecule has 2 fully saturated rings. The summed E-state index contributed by atoms with van der Waals surface area (Å²) in [4.78, 5) is 36.0. The van der Waals surface area contributed by atoms with E-state index in [1.807, 2.05) is 6.92 Å². The molecule has 7 heteroatoms. The Kier molecular flexibility index (Phi) is 3.36. The molecule has 3 N–H and O–H groups in total. The van der Waals surface area contributed by atoms with Crippen LogP contribution in [0, 0.1) is 0 Å². The summed E-state index contributed by atoms with van der Waals surface area (Å²) in [6.07, 6.45) is 0.498. The first kappa shape index (κ1) is 13.0. The van der Waals surface area contributed by atoms with Gasteiger partial charge in [-0.15, -0.1) is 0 Å². The summed E-state index contributed by atoms with van der Waals surface area (Å²) in [5, 5.41) is 14.3. The van der Waals surface area contributed by atoms with E-state index in [4.69, 9.17) is 5.11 Å². The predicted molar refractivity (Wildman–Crippen MR) is 61.8 cm³/mol. The average molecular weight is 255 g/mol. The molecular weight excluding hydrogens is 238 g/mol. The minimum absolute atomic E-state index is 0.0585. The van der Waals surface area contributed by atoms with Crippen molar-refractivity contribution in [3.63, 3.8) is 0 Å². The lowest BCUT2D eigenvalue weighted by Gasteiger charge is -2.53. The lowest BCUT2D eigenvalue weighted by atomic mass is 9.84. The largest absolute Gasteiger partial charge is 0.481 e. The Morgan fingerprint density at radius 3 is 2.61 bits per heavy atom. The Bertz CT molecular complexity index is 392. The molecule has 0 bridgehead atoms. The van der Waals surface area contributed by atoms with Crippen LogP contribution in [0.25, 0.3) is 0 Å². The third-order valence-electron chi connectivity index (χ3n) is 3.64. The molecule has 2 saturated heterocycles. The number of carbonyl (C=O) groups excluding carboxylic acids is 2. The van der Waals surface area contributed by atoms with Crippen LogP contribution in [-0.4, -0.2) is 59.0 Å². The number of carbonyl (C=O) groups is 3. The number of carboxylic acids is 1. The number of amides is 2. The molecule has 1 atom stereocenters. The lowest BCUT2D eigenvalue weighted by Crippen LogP contribution is -2.75. The number of piperazine rings is 1. The second-order valence-electron chi connectivity index (χ2n) is 4.86. The summed E-state index contributed by atoms with van der Waals surface area (Å²) in [5.41, 5.74) is -0.611. The molecule has 18 heavy (non-hydrogen) atoms. The standard InChI is InChI=1S/C11H17N3O4/c1-2-7-10(18)13-8(15)4-14(7)11(3-9(16)17)5-12-6-11/h7,12H,2-6H2,1H3,(H,16,17)(H,13,15,18). The van der Waals surface area contributed by atoms with E-state index in [1.54, 1.807) is 4.90 Å². The zero-order valence-electron chi connectivity index (χ0n) is 10.2. The first-order valence-corrected chi connectivity index (χ1v) is 6.01. The number of nitrogens with one attached hydrogen (secondary N) is 2. The van der Waals surface area contributed by atoms with Crippen molar-refractivity contribution in [2.75, 3.05) is 19.6 Å². The van der Waals surface area contributed by atoms with Crippen molar-refractivity contribution in [1.82, 2.24) is 15.5 Å². The smallest absolute Gasteiger partial charge is 0.305 e. The molecule has 1 unspecified atom stereocenters. The molecule has 2 aliphatic rings. The number of hydrogen-bond acceptors (Lipinski definition) is 5. The molecule has 0 aromatic heterocycles. The van der Waals surface area contributed by atoms with Crippen LogP contribution >= 0.6 is 0 Å². The van der Waals surface area contributed by atoms with Crippen molar-refractivity contribution < 1.29 is 19.5 Å². The highest BCUT2D eigenvalue weighted by molar-refractivity contribution is 6.01. The molecule has 0 spiro atoms. The Morgan fingerprint density at radius 2 is 2.17 bits per heavy atom. The maximum atomic E-state index is 11.8. The van der Waals surface area contributed by atoms with E-state index >= 15 is 0 Å². The zero-order chi connectivity index (χ0) is 13.3. The van der Waals surface area contributed by atoms with Crippen molar-refractivity contribution in [1.29, 1.82) is 0 Å². The van der Waals surface area contributed by atoms with Crippen molar-refractivity contribution in [2.45, 2.75) is 31.3 Å². The molecular formula is C11H17N3O4. The van der Waals surface area contributed by atoms with E-state index in [0.717, 1.165) is 0 Å². The summed E-state index contributed by atoms with van der Waals surface area (Å²) in [6.45, 7) is 2.93. The third-order valence-corrected chi connectivity index (χ3v) is 3.64. The van der Waals surface area contributed by atoms with Gasteiger partial charge in [0.15, 0.2) is 0 Å². The molecule has 0 aromatic rings. The summed E-state index contributed by atoms with van der Waals surface area (Å²) in [6, 6.07) is -0.427. The second-order valence-corrected chi connectivity index (χ2v) is 4.86. The second kappa shape index (κ2) is 4.66. The van der Waals surface area contributed by atoms with Gasteiger partial charge in [-0.25, -0.2) is 0 Å². The quantitative estimate of drug-likeness (QED) is 0.531. The highest BCUT2D eigenvalue weighted by atomic mass is 16.4. The minimum atomic E-state index is -0.912. The van der Waals surface area contributed by atoms with Crippen LogP contribution in [0.2, 0.25) is 0 Å². The van der Waals surface area contributed by atoms with Gasteiger partial charge in [-0.05, 0) is 6.42 Å². The average Bonchev–Trinajstić information content (AvgIpc) is 2.22. The van der Waals surface area contributed by atoms with Crippen LogP contribution in [-0.2, 0) is 14.4 Å². The number of nitrogens with zero attached hydrogens (tertiary/aromatic N) is 1. The molecule has 0 saturated carbocycles. The maximum absolute atomic E-state index is 11.8. The summed E-state index contributed by atoms with van der Waals surface area (Å²) < 4.78 is 0. The van der Waals surface area contributed by atoms with Crippen LogP contribution in [0.1, 0.15) is 19.8 Å². The first-order valence-electron chi connectivity index (χ1n) is 6.01. The fourth-order valence-electron chi connectivity index (χ4n) is 2.70. The van der Waals surface area contributed by atoms with Crippen LogP contribution in [0.15, 0.2) is 0 Å². The van der Waals surface area contributed by atoms with Crippen molar-refractivity contribution >= 4 is 17.8 Å². The van der Waals surface area contributed by atoms with Gasteiger partial charge in [0.2, 0.25) is 11.8 Å². The van der Waals surface area contributed by atoms with Crippen LogP contribution in [0.5, 0.6) is 0 Å². The van der Waals surface area contributed by atoms with Gasteiger partial charge in [0.25, 0.3) is 0 Å². The number of imide groups is 1. The molecule has 2 amide bonds. The highest BCUT2D eigenvalue weighted by Crippen LogP contribution is 2.29. The van der Waals surface area contributed by atoms with Gasteiger partial charge in [-0.1, -0.05) is 6.92 Å². The third kappa shape index (κ3) is 2.11. The molecule has 7 nitrogen and oxygen atoms in total. The SMILES string of the molecule is CCC1C(=O)NC(=O)CN1C1(CC(=O)O)CNC1. The Balaban J connectivity index is 2.24. The summed E-state index contributed by atoms with van der Waals surface area (Å²) in [5.74, 6) is -1.60. The van der Waals surface area contributed by atoms with Gasteiger partial charge in [-0.2, -0.15) is 0 Å². The summed E-state index contributed by atoms with van der Waals surface area (Å²) in [7, 11) is 0. The van der Waals surface area contributed by atoms with Gasteiger partial charge in [0.05, 0.1) is 24.5 Å². The van der Waals surface area contributed by atoms with Gasteiger partial charge >= 0.3 is 5.97 Å². The van der Waals surface area contributed by atoms with Crippen molar-refractivity contribution in [2.24, 2.45) is 0 Å². The number of rotatable bonds is 4. The predicted octanol–water partition coefficient (Wildman–Crippen LogP) is -1.46. The van der Waals surface area contributed by atoms with Crippen molar-refractivity contribution in [3.05, 3.63) is 0 Å². The molecule has 100 valence electrons. The van der Waals surface area contributed by atoms with E-state index in [1.165, 1.54) is 0 Å². The van der Waals surface area contributed by atoms with E-state index in [-0.39, 0.29) is 24.8 Å². The molecule has 2 rings (SSSR count). The lowest BCUT2D eigenvalue weighted by molar-refractivity contribution is -0.153. The van der Waals surface area contributed by atoms with Crippen molar-refractivity contribution in [3.8, 4) is 0 Å². The highest BCUT2D eigenvalue weighted by Gasteiger charge is 2.50. The molecule has 2 heterocycles. The maximum Gasteiger partial charge on any atom is 0.305 e. The van der Waals surface area contributed by atoms with E-state index < -0.39 is 17.6 Å². The van der Waals surface area contributed by atoms with Crippen LogP contribution in [0.4, 0.5) is 0 Å². The van der Waals surface area contributed by atoms with Gasteiger partial charge in [0, 0.05) is 13.1 Å². The number of hydrogen-bond donors (Lipinski definition) is 3. The first-order chi connectivity index (χ1) is 8.48. The minimum Gasteiger partial charge on any atom is -0.481 e. The van der Waals surface area contributed by atoms with E-state index in [9.17, 15) is 14.4 Å². The normalized spacial score (nSPS) is 27.5. The number of aliphatic carboxylic acids is 1.